The molecule has 2 nitrogen and oxygen atoms in total. The third kappa shape index (κ3) is 2.15. The van der Waals surface area contributed by atoms with Gasteiger partial charge in [-0.3, -0.25) is 4.90 Å². The molecule has 0 aliphatic carbocycles. The zero-order valence-electron chi connectivity index (χ0n) is 6.16. The number of likely N-dealkylation sites (tertiary alicyclic amines) is 1. The maximum atomic E-state index is 9.33. The van der Waals surface area contributed by atoms with Crippen molar-refractivity contribution in [3.8, 4) is 0 Å². The smallest absolute Gasteiger partial charge is 0.116 e. The summed E-state index contributed by atoms with van der Waals surface area (Å²) in [7, 11) is 0. The van der Waals surface area contributed by atoms with Gasteiger partial charge in [0.15, 0.2) is 0 Å². The van der Waals surface area contributed by atoms with Crippen molar-refractivity contribution in [1.29, 1.82) is 0 Å². The first-order valence-electron chi connectivity index (χ1n) is 3.87. The van der Waals surface area contributed by atoms with Crippen LogP contribution < -0.4 is 0 Å². The molecule has 0 aromatic carbocycles. The molecule has 1 rings (SSSR count). The van der Waals surface area contributed by atoms with E-state index in [-0.39, 0.29) is 6.23 Å². The van der Waals surface area contributed by atoms with Gasteiger partial charge in [-0.25, -0.2) is 0 Å². The van der Waals surface area contributed by atoms with Crippen LogP contribution in [0.2, 0.25) is 0 Å². The summed E-state index contributed by atoms with van der Waals surface area (Å²) in [5.41, 5.74) is 0. The van der Waals surface area contributed by atoms with Crippen molar-refractivity contribution in [2.75, 3.05) is 18.8 Å². The van der Waals surface area contributed by atoms with Crippen LogP contribution in [0.15, 0.2) is 0 Å². The predicted molar refractivity (Wildman–Crippen MR) is 45.3 cm³/mol. The fourth-order valence-electron chi connectivity index (χ4n) is 1.33. The van der Waals surface area contributed by atoms with E-state index in [1.807, 2.05) is 0 Å². The molecule has 1 aliphatic rings. The second-order valence-corrected chi connectivity index (χ2v) is 3.12. The summed E-state index contributed by atoms with van der Waals surface area (Å²) in [6.07, 6.45) is 3.45. The number of rotatable bonds is 2. The SMILES string of the molecule is OC(CS)N1CCCCC1. The predicted octanol–water partition coefficient (Wildman–Crippen LogP) is 0.720. The Morgan fingerprint density at radius 1 is 1.30 bits per heavy atom. The minimum Gasteiger partial charge on any atom is -0.378 e. The highest BCUT2D eigenvalue weighted by Gasteiger charge is 2.15. The van der Waals surface area contributed by atoms with E-state index in [1.54, 1.807) is 0 Å². The van der Waals surface area contributed by atoms with E-state index in [4.69, 9.17) is 0 Å². The lowest BCUT2D eigenvalue weighted by Gasteiger charge is -2.30. The monoisotopic (exact) mass is 161 g/mol. The standard InChI is InChI=1S/C7H15NOS/c9-7(6-10)8-4-2-1-3-5-8/h7,9-10H,1-6H2. The van der Waals surface area contributed by atoms with Gasteiger partial charge in [0, 0.05) is 18.8 Å². The fourth-order valence-corrected chi connectivity index (χ4v) is 1.56. The van der Waals surface area contributed by atoms with Crippen molar-refractivity contribution < 1.29 is 5.11 Å². The maximum Gasteiger partial charge on any atom is 0.116 e. The Labute approximate surface area is 67.6 Å². The molecule has 0 aromatic rings. The van der Waals surface area contributed by atoms with Crippen LogP contribution in [-0.4, -0.2) is 35.1 Å². The number of nitrogens with zero attached hydrogens (tertiary/aromatic N) is 1. The number of aliphatic hydroxyl groups excluding tert-OH is 1. The summed E-state index contributed by atoms with van der Waals surface area (Å²) < 4.78 is 0. The first kappa shape index (κ1) is 8.37. The van der Waals surface area contributed by atoms with Gasteiger partial charge in [0.05, 0.1) is 0 Å². The molecule has 60 valence electrons. The molecule has 1 unspecified atom stereocenters. The zero-order chi connectivity index (χ0) is 7.40. The molecule has 1 aliphatic heterocycles. The highest BCUT2D eigenvalue weighted by molar-refractivity contribution is 7.80. The van der Waals surface area contributed by atoms with Crippen molar-refractivity contribution in [2.24, 2.45) is 0 Å². The van der Waals surface area contributed by atoms with Crippen LogP contribution >= 0.6 is 12.6 Å². The van der Waals surface area contributed by atoms with Crippen LogP contribution in [-0.2, 0) is 0 Å². The molecule has 0 amide bonds. The second kappa shape index (κ2) is 4.21. The molecule has 10 heavy (non-hydrogen) atoms. The molecule has 3 heteroatoms. The Hall–Kier alpha value is 0.270. The normalized spacial score (nSPS) is 24.6. The molecular formula is C7H15NOS. The second-order valence-electron chi connectivity index (χ2n) is 2.76. The van der Waals surface area contributed by atoms with E-state index >= 15 is 0 Å². The van der Waals surface area contributed by atoms with Crippen LogP contribution in [0.5, 0.6) is 0 Å². The third-order valence-corrected chi connectivity index (χ3v) is 2.30. The lowest BCUT2D eigenvalue weighted by molar-refractivity contribution is 0.0105. The Bertz CT molecular complexity index is 93.6. The van der Waals surface area contributed by atoms with Gasteiger partial charge in [0.25, 0.3) is 0 Å². The van der Waals surface area contributed by atoms with Gasteiger partial charge in [-0.05, 0) is 12.8 Å². The molecular weight excluding hydrogens is 146 g/mol. The molecule has 1 N–H and O–H groups in total. The molecule has 0 spiro atoms. The van der Waals surface area contributed by atoms with Gasteiger partial charge in [-0.15, -0.1) is 0 Å². The van der Waals surface area contributed by atoms with Crippen LogP contribution in [0.3, 0.4) is 0 Å². The number of hydrogen-bond donors (Lipinski definition) is 2. The third-order valence-electron chi connectivity index (χ3n) is 1.98. The van der Waals surface area contributed by atoms with Crippen molar-refractivity contribution in [3.63, 3.8) is 0 Å². The first-order chi connectivity index (χ1) is 4.84. The summed E-state index contributed by atoms with van der Waals surface area (Å²) in [5.74, 6) is 0.556. The quantitative estimate of drug-likeness (QED) is 0.583. The highest BCUT2D eigenvalue weighted by atomic mass is 32.1. The number of thiol groups is 1. The van der Waals surface area contributed by atoms with Crippen molar-refractivity contribution in [1.82, 2.24) is 4.90 Å². The van der Waals surface area contributed by atoms with Gasteiger partial charge in [0.2, 0.25) is 0 Å². The summed E-state index contributed by atoms with van der Waals surface area (Å²) in [4.78, 5) is 2.09. The number of piperidine rings is 1. The number of hydrogen-bond acceptors (Lipinski definition) is 3. The molecule has 0 radical (unpaired) electrons. The average Bonchev–Trinajstić information content (AvgIpc) is 2.05. The highest BCUT2D eigenvalue weighted by Crippen LogP contribution is 2.10. The van der Waals surface area contributed by atoms with Crippen molar-refractivity contribution in [3.05, 3.63) is 0 Å². The van der Waals surface area contributed by atoms with E-state index in [0.717, 1.165) is 13.1 Å². The van der Waals surface area contributed by atoms with Crippen LogP contribution in [0.1, 0.15) is 19.3 Å². The molecule has 1 saturated heterocycles. The number of aliphatic hydroxyl groups is 1. The first-order valence-corrected chi connectivity index (χ1v) is 4.51. The minimum atomic E-state index is -0.316. The van der Waals surface area contributed by atoms with Gasteiger partial charge in [-0.2, -0.15) is 12.6 Å². The summed E-state index contributed by atoms with van der Waals surface area (Å²) >= 11 is 4.03. The Balaban J connectivity index is 2.24. The topological polar surface area (TPSA) is 23.5 Å². The summed E-state index contributed by atoms with van der Waals surface area (Å²) in [6, 6.07) is 0. The van der Waals surface area contributed by atoms with E-state index in [1.165, 1.54) is 19.3 Å². The fraction of sp³-hybridized carbons (Fsp3) is 1.00. The molecule has 0 bridgehead atoms. The van der Waals surface area contributed by atoms with Gasteiger partial charge in [-0.1, -0.05) is 6.42 Å². The van der Waals surface area contributed by atoms with Gasteiger partial charge < -0.3 is 5.11 Å². The van der Waals surface area contributed by atoms with Gasteiger partial charge in [0.1, 0.15) is 6.23 Å². The van der Waals surface area contributed by atoms with Crippen LogP contribution in [0.4, 0.5) is 0 Å². The van der Waals surface area contributed by atoms with E-state index in [9.17, 15) is 5.11 Å². The Morgan fingerprint density at radius 3 is 2.40 bits per heavy atom. The molecule has 0 aromatic heterocycles. The summed E-state index contributed by atoms with van der Waals surface area (Å²) in [5, 5.41) is 9.33. The van der Waals surface area contributed by atoms with Crippen molar-refractivity contribution >= 4 is 12.6 Å². The maximum absolute atomic E-state index is 9.33. The largest absolute Gasteiger partial charge is 0.378 e. The zero-order valence-corrected chi connectivity index (χ0v) is 7.06. The van der Waals surface area contributed by atoms with E-state index < -0.39 is 0 Å². The van der Waals surface area contributed by atoms with E-state index in [0.29, 0.717) is 5.75 Å². The van der Waals surface area contributed by atoms with E-state index in [2.05, 4.69) is 17.5 Å². The molecule has 0 saturated carbocycles. The molecule has 1 heterocycles. The minimum absolute atomic E-state index is 0.316. The Kier molecular flexibility index (Phi) is 3.52. The Morgan fingerprint density at radius 2 is 1.90 bits per heavy atom. The van der Waals surface area contributed by atoms with Crippen LogP contribution in [0.25, 0.3) is 0 Å². The van der Waals surface area contributed by atoms with Crippen LogP contribution in [0, 0.1) is 0 Å². The summed E-state index contributed by atoms with van der Waals surface area (Å²) in [6.45, 7) is 2.09. The molecule has 1 atom stereocenters. The van der Waals surface area contributed by atoms with Gasteiger partial charge >= 0.3 is 0 Å². The average molecular weight is 161 g/mol. The molecule has 1 fully saturated rings. The lowest BCUT2D eigenvalue weighted by Crippen LogP contribution is -2.40. The lowest BCUT2D eigenvalue weighted by atomic mass is 10.1. The van der Waals surface area contributed by atoms with Crippen molar-refractivity contribution in [2.45, 2.75) is 25.5 Å².